The Morgan fingerprint density at radius 2 is 1.77 bits per heavy atom. The van der Waals surface area contributed by atoms with Crippen molar-refractivity contribution in [3.63, 3.8) is 0 Å². The van der Waals surface area contributed by atoms with E-state index in [1.165, 1.54) is 17.3 Å². The molecule has 0 spiro atoms. The summed E-state index contributed by atoms with van der Waals surface area (Å²) in [7, 11) is 1.60. The highest BCUT2D eigenvalue weighted by Gasteiger charge is 2.32. The normalized spacial score (nSPS) is 15.8. The van der Waals surface area contributed by atoms with Crippen molar-refractivity contribution in [2.24, 2.45) is 4.99 Å². The summed E-state index contributed by atoms with van der Waals surface area (Å²) < 4.78 is 13.4. The predicted molar refractivity (Wildman–Crippen MR) is 150 cm³/mol. The fourth-order valence-corrected chi connectivity index (χ4v) is 5.35. The van der Waals surface area contributed by atoms with Crippen LogP contribution in [0.5, 0.6) is 11.5 Å². The van der Waals surface area contributed by atoms with Gasteiger partial charge in [0.15, 0.2) is 16.7 Å². The first-order valence-electron chi connectivity index (χ1n) is 11.0. The number of ether oxygens (including phenoxy) is 2. The molecule has 1 aliphatic rings. The monoisotopic (exact) mass is 614 g/mol. The fourth-order valence-electron chi connectivity index (χ4n) is 3.45. The Hall–Kier alpha value is -2.55. The third-order valence-electron chi connectivity index (χ3n) is 5.31. The highest BCUT2D eigenvalue weighted by atomic mass is 79.9. The van der Waals surface area contributed by atoms with Gasteiger partial charge in [0, 0.05) is 11.0 Å². The molecule has 0 unspecified atom stereocenters. The van der Waals surface area contributed by atoms with Gasteiger partial charge in [0.1, 0.15) is 6.61 Å². The molecule has 1 heterocycles. The minimum atomic E-state index is -0.0611. The van der Waals surface area contributed by atoms with Crippen LogP contribution in [0.25, 0.3) is 6.08 Å². The van der Waals surface area contributed by atoms with Crippen LogP contribution < -0.4 is 9.47 Å². The van der Waals surface area contributed by atoms with E-state index in [0.717, 1.165) is 25.8 Å². The summed E-state index contributed by atoms with van der Waals surface area (Å²) >= 11 is 8.43. The van der Waals surface area contributed by atoms with E-state index in [4.69, 9.17) is 14.5 Å². The molecule has 1 saturated heterocycles. The van der Waals surface area contributed by atoms with Crippen LogP contribution in [0.2, 0.25) is 0 Å². The molecule has 4 rings (SSSR count). The zero-order chi connectivity index (χ0) is 24.9. The molecule has 0 saturated carbocycles. The van der Waals surface area contributed by atoms with E-state index in [1.807, 2.05) is 80.6 Å². The summed E-state index contributed by atoms with van der Waals surface area (Å²) in [6.07, 6.45) is 1.86. The number of hydrogen-bond acceptors (Lipinski definition) is 5. The first-order valence-corrected chi connectivity index (χ1v) is 13.4. The van der Waals surface area contributed by atoms with Gasteiger partial charge in [-0.2, -0.15) is 0 Å². The number of aliphatic imine (C=N–C) groups is 1. The summed E-state index contributed by atoms with van der Waals surface area (Å²) in [5.74, 6) is 1.13. The van der Waals surface area contributed by atoms with E-state index in [9.17, 15) is 4.79 Å². The molecule has 0 bridgehead atoms. The highest BCUT2D eigenvalue weighted by molar-refractivity contribution is 9.10. The molecule has 35 heavy (non-hydrogen) atoms. The third kappa shape index (κ3) is 6.18. The van der Waals surface area contributed by atoms with Gasteiger partial charge in [-0.3, -0.25) is 9.69 Å². The Balaban J connectivity index is 1.58. The summed E-state index contributed by atoms with van der Waals surface area (Å²) in [6, 6.07) is 19.7. The second kappa shape index (κ2) is 11.5. The Labute approximate surface area is 226 Å². The second-order valence-electron chi connectivity index (χ2n) is 7.84. The van der Waals surface area contributed by atoms with Gasteiger partial charge in [-0.15, -0.1) is 0 Å². The summed E-state index contributed by atoms with van der Waals surface area (Å²) in [6.45, 7) is 4.93. The number of likely N-dealkylation sites (N-methyl/N-ethyl adjacent to an activating group) is 1. The van der Waals surface area contributed by atoms with Crippen molar-refractivity contribution >= 4 is 66.5 Å². The van der Waals surface area contributed by atoms with Crippen molar-refractivity contribution in [3.8, 4) is 11.5 Å². The van der Waals surface area contributed by atoms with Crippen LogP contribution >= 0.6 is 43.6 Å². The number of rotatable bonds is 7. The second-order valence-corrected chi connectivity index (χ2v) is 10.6. The Morgan fingerprint density at radius 3 is 2.43 bits per heavy atom. The van der Waals surface area contributed by atoms with Crippen molar-refractivity contribution in [2.75, 3.05) is 13.7 Å². The lowest BCUT2D eigenvalue weighted by molar-refractivity contribution is -0.122. The van der Waals surface area contributed by atoms with Gasteiger partial charge in [-0.05, 0) is 95.1 Å². The molecule has 0 atom stereocenters. The van der Waals surface area contributed by atoms with E-state index in [0.29, 0.717) is 34.7 Å². The van der Waals surface area contributed by atoms with Crippen LogP contribution in [0.4, 0.5) is 5.69 Å². The quantitative estimate of drug-likeness (QED) is 0.255. The van der Waals surface area contributed by atoms with Crippen molar-refractivity contribution in [2.45, 2.75) is 20.5 Å². The van der Waals surface area contributed by atoms with Gasteiger partial charge in [0.2, 0.25) is 0 Å². The molecule has 0 aromatic heterocycles. The van der Waals surface area contributed by atoms with E-state index in [2.05, 4.69) is 31.9 Å². The third-order valence-corrected chi connectivity index (χ3v) is 7.43. The zero-order valence-electron chi connectivity index (χ0n) is 19.5. The maximum Gasteiger partial charge on any atom is 0.266 e. The maximum absolute atomic E-state index is 13.1. The van der Waals surface area contributed by atoms with Gasteiger partial charge in [0.05, 0.1) is 22.2 Å². The van der Waals surface area contributed by atoms with E-state index >= 15 is 0 Å². The van der Waals surface area contributed by atoms with Crippen LogP contribution in [-0.4, -0.2) is 29.6 Å². The average Bonchev–Trinajstić information content (AvgIpc) is 3.14. The first-order chi connectivity index (χ1) is 16.9. The van der Waals surface area contributed by atoms with Gasteiger partial charge in [0.25, 0.3) is 5.91 Å². The molecule has 0 radical (unpaired) electrons. The van der Waals surface area contributed by atoms with Crippen molar-refractivity contribution in [1.82, 2.24) is 4.90 Å². The first kappa shape index (κ1) is 25.5. The van der Waals surface area contributed by atoms with Gasteiger partial charge >= 0.3 is 0 Å². The minimum absolute atomic E-state index is 0.0611. The number of hydrogen-bond donors (Lipinski definition) is 0. The lowest BCUT2D eigenvalue weighted by Gasteiger charge is -2.14. The van der Waals surface area contributed by atoms with E-state index in [-0.39, 0.29) is 5.91 Å². The summed E-state index contributed by atoms with van der Waals surface area (Å²) in [5, 5.41) is 0.674. The SMILES string of the molecule is CCN1C(=O)/C(=C\c2cc(Br)c(OCc3ccc(Br)cc3)c(OC)c2)SC1=Nc1ccc(C)cc1. The molecule has 1 fully saturated rings. The largest absolute Gasteiger partial charge is 0.493 e. The van der Waals surface area contributed by atoms with Crippen LogP contribution in [0.15, 0.2) is 79.5 Å². The summed E-state index contributed by atoms with van der Waals surface area (Å²) in [4.78, 5) is 20.1. The number of amidine groups is 1. The van der Waals surface area contributed by atoms with Gasteiger partial charge < -0.3 is 9.47 Å². The van der Waals surface area contributed by atoms with E-state index in [1.54, 1.807) is 12.0 Å². The standard InChI is InChI=1S/C27H24Br2N2O3S/c1-4-31-26(32)24(35-27(31)30-21-11-5-17(2)6-12-21)15-19-13-22(29)25(23(14-19)33-3)34-16-18-7-9-20(28)10-8-18/h5-15H,4,16H2,1-3H3/b24-15+,30-27?. The summed E-state index contributed by atoms with van der Waals surface area (Å²) in [5.41, 5.74) is 3.86. The lowest BCUT2D eigenvalue weighted by atomic mass is 10.1. The number of aryl methyl sites for hydroxylation is 1. The number of nitrogens with zero attached hydrogens (tertiary/aromatic N) is 2. The molecule has 0 aliphatic carbocycles. The molecule has 8 heteroatoms. The zero-order valence-corrected chi connectivity index (χ0v) is 23.5. The smallest absolute Gasteiger partial charge is 0.266 e. The van der Waals surface area contributed by atoms with Crippen molar-refractivity contribution < 1.29 is 14.3 Å². The minimum Gasteiger partial charge on any atom is -0.493 e. The molecular formula is C27H24Br2N2O3S. The number of halogens is 2. The average molecular weight is 616 g/mol. The molecule has 180 valence electrons. The number of methoxy groups -OCH3 is 1. The van der Waals surface area contributed by atoms with Crippen LogP contribution in [0.3, 0.4) is 0 Å². The Kier molecular flexibility index (Phi) is 8.36. The molecule has 3 aromatic carbocycles. The number of carbonyl (C=O) groups is 1. The highest BCUT2D eigenvalue weighted by Crippen LogP contribution is 2.40. The number of thioether (sulfide) groups is 1. The lowest BCUT2D eigenvalue weighted by Crippen LogP contribution is -2.28. The maximum atomic E-state index is 13.1. The molecule has 1 aliphatic heterocycles. The molecular weight excluding hydrogens is 592 g/mol. The van der Waals surface area contributed by atoms with Crippen molar-refractivity contribution in [3.05, 3.63) is 91.2 Å². The fraction of sp³-hybridized carbons (Fsp3) is 0.185. The number of benzene rings is 3. The van der Waals surface area contributed by atoms with Gasteiger partial charge in [-0.25, -0.2) is 4.99 Å². The van der Waals surface area contributed by atoms with Crippen LogP contribution in [0.1, 0.15) is 23.6 Å². The number of carbonyl (C=O) groups excluding carboxylic acids is 1. The predicted octanol–water partition coefficient (Wildman–Crippen LogP) is 7.73. The molecule has 5 nitrogen and oxygen atoms in total. The van der Waals surface area contributed by atoms with Crippen LogP contribution in [-0.2, 0) is 11.4 Å². The molecule has 3 aromatic rings. The van der Waals surface area contributed by atoms with E-state index < -0.39 is 0 Å². The molecule has 0 N–H and O–H groups in total. The topological polar surface area (TPSA) is 51.1 Å². The number of amides is 1. The van der Waals surface area contributed by atoms with Crippen molar-refractivity contribution in [1.29, 1.82) is 0 Å². The Bertz CT molecular complexity index is 1290. The Morgan fingerprint density at radius 1 is 1.06 bits per heavy atom. The van der Waals surface area contributed by atoms with Gasteiger partial charge in [-0.1, -0.05) is 45.8 Å². The van der Waals surface area contributed by atoms with Crippen LogP contribution in [0, 0.1) is 6.92 Å². The molecule has 1 amide bonds.